The van der Waals surface area contributed by atoms with E-state index in [0.717, 1.165) is 18.6 Å². The summed E-state index contributed by atoms with van der Waals surface area (Å²) >= 11 is 0. The van der Waals surface area contributed by atoms with Gasteiger partial charge in [-0.05, 0) is 12.0 Å². The van der Waals surface area contributed by atoms with E-state index in [1.165, 1.54) is 7.11 Å². The molecule has 0 bridgehead atoms. The predicted octanol–water partition coefficient (Wildman–Crippen LogP) is 0.919. The second-order valence-electron chi connectivity index (χ2n) is 5.46. The summed E-state index contributed by atoms with van der Waals surface area (Å²) in [5.74, 6) is 0.204. The molecule has 23 heavy (non-hydrogen) atoms. The highest BCUT2D eigenvalue weighted by atomic mass is 32.2. The number of hydrogen-bond acceptors (Lipinski definition) is 5. The average Bonchev–Trinajstić information content (AvgIpc) is 2.82. The Kier molecular flexibility index (Phi) is 4.38. The van der Waals surface area contributed by atoms with Crippen LogP contribution in [0.2, 0.25) is 0 Å². The van der Waals surface area contributed by atoms with Gasteiger partial charge in [-0.25, -0.2) is 13.6 Å². The molecular weight excluding hydrogens is 318 g/mol. The molecule has 0 spiro atoms. The molecule has 1 saturated heterocycles. The molecule has 0 radical (unpaired) electrons. The van der Waals surface area contributed by atoms with E-state index in [1.807, 2.05) is 30.3 Å². The fourth-order valence-electron chi connectivity index (χ4n) is 2.58. The molecule has 1 fully saturated rings. The molecule has 1 atom stereocenters. The van der Waals surface area contributed by atoms with Crippen molar-refractivity contribution in [1.82, 2.24) is 9.78 Å². The second kappa shape index (κ2) is 6.31. The van der Waals surface area contributed by atoms with Crippen LogP contribution >= 0.6 is 0 Å². The molecule has 1 aromatic heterocycles. The van der Waals surface area contributed by atoms with Crippen molar-refractivity contribution in [2.45, 2.75) is 30.5 Å². The van der Waals surface area contributed by atoms with Crippen LogP contribution < -0.4 is 9.88 Å². The lowest BCUT2D eigenvalue weighted by molar-refractivity contribution is -0.0614. The number of sulfonamides is 1. The zero-order valence-corrected chi connectivity index (χ0v) is 13.6. The van der Waals surface area contributed by atoms with Gasteiger partial charge in [0.05, 0.1) is 25.5 Å². The zero-order chi connectivity index (χ0) is 16.4. The van der Waals surface area contributed by atoms with E-state index in [4.69, 9.17) is 14.6 Å². The van der Waals surface area contributed by atoms with Gasteiger partial charge in [-0.1, -0.05) is 30.3 Å². The molecule has 2 heterocycles. The molecule has 7 nitrogen and oxygen atoms in total. The zero-order valence-electron chi connectivity index (χ0n) is 12.8. The Morgan fingerprint density at radius 1 is 1.39 bits per heavy atom. The van der Waals surface area contributed by atoms with E-state index in [1.54, 1.807) is 4.68 Å². The quantitative estimate of drug-likeness (QED) is 0.845. The van der Waals surface area contributed by atoms with Crippen LogP contribution in [0.25, 0.3) is 0 Å². The molecule has 1 aromatic carbocycles. The predicted molar refractivity (Wildman–Crippen MR) is 83.8 cm³/mol. The molecule has 1 aliphatic rings. The molecule has 0 saturated carbocycles. The standard InChI is InChI=1S/C15H19N3O4S/c1-21-14-13(9-11-5-3-2-4-6-11)18(10-12-7-8-22-12)17-15(14)23(16,19)20/h2-6,12H,7-10H2,1H3,(H2,16,19,20). The van der Waals surface area contributed by atoms with Crippen LogP contribution in [0, 0.1) is 0 Å². The van der Waals surface area contributed by atoms with Crippen LogP contribution in [-0.4, -0.2) is 38.0 Å². The van der Waals surface area contributed by atoms with Gasteiger partial charge < -0.3 is 9.47 Å². The highest BCUT2D eigenvalue weighted by Crippen LogP contribution is 2.30. The normalized spacial score (nSPS) is 17.7. The van der Waals surface area contributed by atoms with E-state index < -0.39 is 10.0 Å². The fraction of sp³-hybridized carbons (Fsp3) is 0.400. The van der Waals surface area contributed by atoms with Gasteiger partial charge in [0.2, 0.25) is 5.03 Å². The molecular formula is C15H19N3O4S. The van der Waals surface area contributed by atoms with E-state index in [-0.39, 0.29) is 16.9 Å². The van der Waals surface area contributed by atoms with E-state index >= 15 is 0 Å². The van der Waals surface area contributed by atoms with Gasteiger partial charge in [-0.2, -0.15) is 5.10 Å². The van der Waals surface area contributed by atoms with Crippen LogP contribution in [-0.2, 0) is 27.7 Å². The molecule has 0 amide bonds. The lowest BCUT2D eigenvalue weighted by Gasteiger charge is -2.26. The van der Waals surface area contributed by atoms with Gasteiger partial charge >= 0.3 is 0 Å². The van der Waals surface area contributed by atoms with Gasteiger partial charge in [-0.3, -0.25) is 4.68 Å². The number of aromatic nitrogens is 2. The number of benzene rings is 1. The number of nitrogens with zero attached hydrogens (tertiary/aromatic N) is 2. The summed E-state index contributed by atoms with van der Waals surface area (Å²) < 4.78 is 35.9. The maximum Gasteiger partial charge on any atom is 0.261 e. The van der Waals surface area contributed by atoms with Gasteiger partial charge in [-0.15, -0.1) is 0 Å². The van der Waals surface area contributed by atoms with Crippen LogP contribution in [0.1, 0.15) is 17.7 Å². The molecule has 0 aliphatic carbocycles. The molecule has 2 N–H and O–H groups in total. The van der Waals surface area contributed by atoms with Crippen molar-refractivity contribution < 1.29 is 17.9 Å². The third kappa shape index (κ3) is 3.39. The first-order valence-electron chi connectivity index (χ1n) is 7.31. The van der Waals surface area contributed by atoms with Crippen molar-refractivity contribution in [2.24, 2.45) is 5.14 Å². The van der Waals surface area contributed by atoms with Gasteiger partial charge in [0.1, 0.15) is 0 Å². The lowest BCUT2D eigenvalue weighted by Crippen LogP contribution is -2.32. The van der Waals surface area contributed by atoms with Crippen LogP contribution in [0.15, 0.2) is 35.4 Å². The summed E-state index contributed by atoms with van der Waals surface area (Å²) in [6.07, 6.45) is 1.47. The topological polar surface area (TPSA) is 96.4 Å². The second-order valence-corrected chi connectivity index (χ2v) is 6.93. The first kappa shape index (κ1) is 16.0. The lowest BCUT2D eigenvalue weighted by atomic mass is 10.1. The fourth-order valence-corrected chi connectivity index (χ4v) is 3.25. The van der Waals surface area contributed by atoms with Crippen molar-refractivity contribution in [3.8, 4) is 5.75 Å². The van der Waals surface area contributed by atoms with Crippen molar-refractivity contribution in [3.63, 3.8) is 0 Å². The van der Waals surface area contributed by atoms with Crippen molar-refractivity contribution in [1.29, 1.82) is 0 Å². The summed E-state index contributed by atoms with van der Waals surface area (Å²) in [5.41, 5.74) is 1.71. The third-order valence-electron chi connectivity index (χ3n) is 3.84. The minimum atomic E-state index is -3.96. The Labute approximate surface area is 135 Å². The Hall–Kier alpha value is -1.90. The van der Waals surface area contributed by atoms with Gasteiger partial charge in [0, 0.05) is 13.0 Å². The van der Waals surface area contributed by atoms with Crippen molar-refractivity contribution >= 4 is 10.0 Å². The number of ether oxygens (including phenoxy) is 2. The van der Waals surface area contributed by atoms with Crippen LogP contribution in [0.4, 0.5) is 0 Å². The third-order valence-corrected chi connectivity index (χ3v) is 4.64. The highest BCUT2D eigenvalue weighted by Gasteiger charge is 2.29. The first-order chi connectivity index (χ1) is 11.0. The number of hydrogen-bond donors (Lipinski definition) is 1. The summed E-state index contributed by atoms with van der Waals surface area (Å²) in [5, 5.41) is 9.21. The Morgan fingerprint density at radius 3 is 2.61 bits per heavy atom. The van der Waals surface area contributed by atoms with Crippen LogP contribution in [0.5, 0.6) is 5.75 Å². The van der Waals surface area contributed by atoms with Crippen molar-refractivity contribution in [2.75, 3.05) is 13.7 Å². The molecule has 124 valence electrons. The van der Waals surface area contributed by atoms with Gasteiger partial charge in [0.15, 0.2) is 5.75 Å². The largest absolute Gasteiger partial charge is 0.492 e. The minimum Gasteiger partial charge on any atom is -0.492 e. The number of methoxy groups -OCH3 is 1. The molecule has 1 aliphatic heterocycles. The minimum absolute atomic E-state index is 0.0439. The summed E-state index contributed by atoms with van der Waals surface area (Å²) in [7, 11) is -2.54. The molecule has 3 rings (SSSR count). The summed E-state index contributed by atoms with van der Waals surface area (Å²) in [6.45, 7) is 1.20. The summed E-state index contributed by atoms with van der Waals surface area (Å²) in [4.78, 5) is 0. The smallest absolute Gasteiger partial charge is 0.261 e. The Balaban J connectivity index is 2.03. The molecule has 8 heteroatoms. The molecule has 2 aromatic rings. The van der Waals surface area contributed by atoms with E-state index in [0.29, 0.717) is 18.7 Å². The maximum absolute atomic E-state index is 11.8. The number of rotatable bonds is 6. The average molecular weight is 337 g/mol. The number of primary sulfonamides is 1. The Morgan fingerprint density at radius 2 is 2.09 bits per heavy atom. The van der Waals surface area contributed by atoms with Crippen LogP contribution in [0.3, 0.4) is 0 Å². The Bertz CT molecular complexity index is 783. The molecule has 1 unspecified atom stereocenters. The SMILES string of the molecule is COc1c(S(N)(=O)=O)nn(CC2CCO2)c1Cc1ccccc1. The van der Waals surface area contributed by atoms with E-state index in [2.05, 4.69) is 5.10 Å². The highest BCUT2D eigenvalue weighted by molar-refractivity contribution is 7.89. The number of nitrogens with two attached hydrogens (primary N) is 1. The summed E-state index contributed by atoms with van der Waals surface area (Å²) in [6, 6.07) is 9.72. The first-order valence-corrected chi connectivity index (χ1v) is 8.85. The van der Waals surface area contributed by atoms with Gasteiger partial charge in [0.25, 0.3) is 10.0 Å². The van der Waals surface area contributed by atoms with E-state index in [9.17, 15) is 8.42 Å². The maximum atomic E-state index is 11.8. The monoisotopic (exact) mass is 337 g/mol. The van der Waals surface area contributed by atoms with Crippen molar-refractivity contribution in [3.05, 3.63) is 41.6 Å².